The Morgan fingerprint density at radius 1 is 0.906 bits per heavy atom. The van der Waals surface area contributed by atoms with Gasteiger partial charge in [-0.25, -0.2) is 8.42 Å². The predicted octanol–water partition coefficient (Wildman–Crippen LogP) is 5.64. The molecule has 0 fully saturated rings. The molecule has 0 aromatic heterocycles. The van der Waals surface area contributed by atoms with Gasteiger partial charge < -0.3 is 5.32 Å². The minimum absolute atomic E-state index is 0.104. The normalized spacial score (nSPS) is 11.3. The predicted molar refractivity (Wildman–Crippen MR) is 130 cm³/mol. The molecule has 0 unspecified atom stereocenters. The fraction of sp³-hybridized carbons (Fsp3) is 0.0800. The smallest absolute Gasteiger partial charge is 0.264 e. The zero-order chi connectivity index (χ0) is 22.7. The molecule has 0 aliphatic carbocycles. The summed E-state index contributed by atoms with van der Waals surface area (Å²) >= 11 is 6.07. The van der Waals surface area contributed by atoms with Gasteiger partial charge in [-0.3, -0.25) is 9.10 Å². The van der Waals surface area contributed by atoms with Crippen LogP contribution in [0.2, 0.25) is 5.02 Å². The molecule has 7 heteroatoms. The third-order valence-corrected chi connectivity index (χ3v) is 7.12. The van der Waals surface area contributed by atoms with Crippen LogP contribution < -0.4 is 9.62 Å². The molecular formula is C25H21ClN2O3S. The quantitative estimate of drug-likeness (QED) is 0.401. The van der Waals surface area contributed by atoms with E-state index in [1.807, 2.05) is 36.4 Å². The number of aryl methyl sites for hydroxylation is 1. The molecule has 4 aromatic rings. The van der Waals surface area contributed by atoms with Gasteiger partial charge in [-0.05, 0) is 54.3 Å². The molecule has 0 bridgehead atoms. The van der Waals surface area contributed by atoms with Gasteiger partial charge in [0.2, 0.25) is 5.91 Å². The first-order valence-corrected chi connectivity index (χ1v) is 11.8. The molecular weight excluding hydrogens is 444 g/mol. The number of benzene rings is 4. The maximum atomic E-state index is 13.5. The minimum Gasteiger partial charge on any atom is -0.324 e. The summed E-state index contributed by atoms with van der Waals surface area (Å²) in [5, 5.41) is 5.22. The van der Waals surface area contributed by atoms with Crippen LogP contribution in [0.25, 0.3) is 10.8 Å². The first-order chi connectivity index (χ1) is 15.4. The van der Waals surface area contributed by atoms with Crippen LogP contribution >= 0.6 is 11.6 Å². The standard InChI is InChI=1S/C25H21ClN2O3S/c1-18-16-20(26)14-15-24(18)28(32(30,31)21-10-3-2-4-11-21)17-25(29)27-23-13-7-9-19-8-5-6-12-22(19)23/h2-16H,17H2,1H3,(H,27,29). The van der Waals surface area contributed by atoms with E-state index in [-0.39, 0.29) is 11.4 Å². The number of carbonyl (C=O) groups excluding carboxylic acids is 1. The van der Waals surface area contributed by atoms with E-state index in [2.05, 4.69) is 5.32 Å². The van der Waals surface area contributed by atoms with E-state index in [4.69, 9.17) is 11.6 Å². The van der Waals surface area contributed by atoms with Gasteiger partial charge in [-0.1, -0.05) is 66.2 Å². The first kappa shape index (κ1) is 21.9. The fourth-order valence-electron chi connectivity index (χ4n) is 3.57. The highest BCUT2D eigenvalue weighted by Gasteiger charge is 2.28. The van der Waals surface area contributed by atoms with E-state index in [0.717, 1.165) is 15.1 Å². The van der Waals surface area contributed by atoms with Crippen molar-refractivity contribution < 1.29 is 13.2 Å². The molecule has 4 rings (SSSR count). The lowest BCUT2D eigenvalue weighted by Gasteiger charge is -2.26. The summed E-state index contributed by atoms with van der Waals surface area (Å²) in [5.41, 5.74) is 1.67. The second-order valence-corrected chi connectivity index (χ2v) is 9.63. The van der Waals surface area contributed by atoms with E-state index in [1.54, 1.807) is 49.4 Å². The molecule has 4 aromatic carbocycles. The Labute approximate surface area is 192 Å². The van der Waals surface area contributed by atoms with Crippen molar-refractivity contribution in [3.63, 3.8) is 0 Å². The number of rotatable bonds is 6. The van der Waals surface area contributed by atoms with E-state index in [9.17, 15) is 13.2 Å². The third kappa shape index (κ3) is 4.47. The minimum atomic E-state index is -3.99. The van der Waals surface area contributed by atoms with Crippen molar-refractivity contribution in [3.05, 3.63) is 102 Å². The first-order valence-electron chi connectivity index (χ1n) is 9.98. The number of hydrogen-bond acceptors (Lipinski definition) is 3. The zero-order valence-electron chi connectivity index (χ0n) is 17.3. The molecule has 1 amide bonds. The van der Waals surface area contributed by atoms with Crippen molar-refractivity contribution in [2.75, 3.05) is 16.2 Å². The van der Waals surface area contributed by atoms with Crippen LogP contribution in [-0.2, 0) is 14.8 Å². The molecule has 0 saturated heterocycles. The van der Waals surface area contributed by atoms with Crippen LogP contribution in [0.4, 0.5) is 11.4 Å². The summed E-state index contributed by atoms with van der Waals surface area (Å²) in [6, 6.07) is 26.2. The molecule has 0 atom stereocenters. The topological polar surface area (TPSA) is 66.5 Å². The summed E-state index contributed by atoms with van der Waals surface area (Å²) in [5.74, 6) is -0.449. The fourth-order valence-corrected chi connectivity index (χ4v) is 5.31. The number of amides is 1. The number of sulfonamides is 1. The van der Waals surface area contributed by atoms with Crippen molar-refractivity contribution in [1.82, 2.24) is 0 Å². The summed E-state index contributed by atoms with van der Waals surface area (Å²) in [7, 11) is -3.99. The van der Waals surface area contributed by atoms with Gasteiger partial charge in [-0.2, -0.15) is 0 Å². The Morgan fingerprint density at radius 2 is 1.59 bits per heavy atom. The maximum Gasteiger partial charge on any atom is 0.264 e. The molecule has 162 valence electrons. The van der Waals surface area contributed by atoms with E-state index in [1.165, 1.54) is 12.1 Å². The third-order valence-electron chi connectivity index (χ3n) is 5.11. The number of nitrogens with one attached hydrogen (secondary N) is 1. The average Bonchev–Trinajstić information content (AvgIpc) is 2.79. The van der Waals surface area contributed by atoms with E-state index in [0.29, 0.717) is 22.0 Å². The number of anilines is 2. The second-order valence-electron chi connectivity index (χ2n) is 7.33. The van der Waals surface area contributed by atoms with Gasteiger partial charge in [0.05, 0.1) is 10.6 Å². The average molecular weight is 465 g/mol. The van der Waals surface area contributed by atoms with Gasteiger partial charge >= 0.3 is 0 Å². The van der Waals surface area contributed by atoms with Crippen molar-refractivity contribution >= 4 is 49.7 Å². The molecule has 0 radical (unpaired) electrons. The number of fused-ring (bicyclic) bond motifs is 1. The Morgan fingerprint density at radius 3 is 2.34 bits per heavy atom. The Balaban J connectivity index is 1.71. The Bertz CT molecular complexity index is 1380. The van der Waals surface area contributed by atoms with Gasteiger partial charge in [0.15, 0.2) is 0 Å². The van der Waals surface area contributed by atoms with Crippen molar-refractivity contribution in [2.24, 2.45) is 0 Å². The van der Waals surface area contributed by atoms with Crippen LogP contribution in [0, 0.1) is 6.92 Å². The van der Waals surface area contributed by atoms with Gasteiger partial charge in [0.1, 0.15) is 6.54 Å². The second kappa shape index (κ2) is 9.02. The van der Waals surface area contributed by atoms with Gasteiger partial charge in [-0.15, -0.1) is 0 Å². The lowest BCUT2D eigenvalue weighted by atomic mass is 10.1. The molecule has 0 spiro atoms. The van der Waals surface area contributed by atoms with Gasteiger partial charge in [0.25, 0.3) is 10.0 Å². The number of halogens is 1. The summed E-state index contributed by atoms with van der Waals surface area (Å²) in [6.07, 6.45) is 0. The largest absolute Gasteiger partial charge is 0.324 e. The Hall–Kier alpha value is -3.35. The molecule has 0 aliphatic heterocycles. The number of hydrogen-bond donors (Lipinski definition) is 1. The molecule has 0 heterocycles. The lowest BCUT2D eigenvalue weighted by Crippen LogP contribution is -2.38. The van der Waals surface area contributed by atoms with E-state index < -0.39 is 15.9 Å². The van der Waals surface area contributed by atoms with Crippen LogP contribution in [-0.4, -0.2) is 20.9 Å². The number of carbonyl (C=O) groups is 1. The van der Waals surface area contributed by atoms with Gasteiger partial charge in [0, 0.05) is 16.1 Å². The van der Waals surface area contributed by atoms with Crippen LogP contribution in [0.15, 0.2) is 95.9 Å². The lowest BCUT2D eigenvalue weighted by molar-refractivity contribution is -0.114. The summed E-state index contributed by atoms with van der Waals surface area (Å²) in [4.78, 5) is 13.2. The highest BCUT2D eigenvalue weighted by Crippen LogP contribution is 2.29. The summed E-state index contributed by atoms with van der Waals surface area (Å²) < 4.78 is 28.1. The van der Waals surface area contributed by atoms with Crippen LogP contribution in [0.3, 0.4) is 0 Å². The Kier molecular flexibility index (Phi) is 6.17. The maximum absolute atomic E-state index is 13.5. The summed E-state index contributed by atoms with van der Waals surface area (Å²) in [6.45, 7) is 1.38. The van der Waals surface area contributed by atoms with E-state index >= 15 is 0 Å². The van der Waals surface area contributed by atoms with Crippen LogP contribution in [0.5, 0.6) is 0 Å². The number of nitrogens with zero attached hydrogens (tertiary/aromatic N) is 1. The molecule has 5 nitrogen and oxygen atoms in total. The SMILES string of the molecule is Cc1cc(Cl)ccc1N(CC(=O)Nc1cccc2ccccc12)S(=O)(=O)c1ccccc1. The molecule has 1 N–H and O–H groups in total. The monoisotopic (exact) mass is 464 g/mol. The van der Waals surface area contributed by atoms with Crippen LogP contribution in [0.1, 0.15) is 5.56 Å². The highest BCUT2D eigenvalue weighted by molar-refractivity contribution is 7.92. The van der Waals surface area contributed by atoms with Crippen molar-refractivity contribution in [1.29, 1.82) is 0 Å². The molecule has 32 heavy (non-hydrogen) atoms. The molecule has 0 saturated carbocycles. The molecule has 0 aliphatic rings. The van der Waals surface area contributed by atoms with Crippen molar-refractivity contribution in [3.8, 4) is 0 Å². The highest BCUT2D eigenvalue weighted by atomic mass is 35.5. The zero-order valence-corrected chi connectivity index (χ0v) is 18.9. The van der Waals surface area contributed by atoms with Crippen molar-refractivity contribution in [2.45, 2.75) is 11.8 Å².